The van der Waals surface area contributed by atoms with Crippen LogP contribution in [0.25, 0.3) is 0 Å². The fourth-order valence-electron chi connectivity index (χ4n) is 0.721. The van der Waals surface area contributed by atoms with Crippen LogP contribution in [0.15, 0.2) is 16.7 Å². The van der Waals surface area contributed by atoms with E-state index in [1.54, 1.807) is 0 Å². The van der Waals surface area contributed by atoms with E-state index in [-0.39, 0.29) is 4.60 Å². The van der Waals surface area contributed by atoms with E-state index >= 15 is 0 Å². The van der Waals surface area contributed by atoms with Crippen molar-refractivity contribution in [1.29, 1.82) is 0 Å². The van der Waals surface area contributed by atoms with Crippen molar-refractivity contribution in [3.05, 3.63) is 28.0 Å². The molecule has 0 spiro atoms. The molecule has 0 radical (unpaired) electrons. The first kappa shape index (κ1) is 11.0. The highest BCUT2D eigenvalue weighted by Gasteiger charge is 2.32. The van der Waals surface area contributed by atoms with Crippen LogP contribution in [0.4, 0.5) is 13.2 Å². The summed E-state index contributed by atoms with van der Waals surface area (Å²) in [7, 11) is 0. The molecule has 0 saturated carbocycles. The summed E-state index contributed by atoms with van der Waals surface area (Å²) in [6.07, 6.45) is -4.38. The first-order valence-corrected chi connectivity index (χ1v) is 5.15. The lowest BCUT2D eigenvalue weighted by Gasteiger charge is -2.07. The molecule has 0 aliphatic rings. The van der Waals surface area contributed by atoms with Crippen molar-refractivity contribution >= 4 is 31.9 Å². The minimum Gasteiger partial charge on any atom is -0.236 e. The highest BCUT2D eigenvalue weighted by atomic mass is 79.9. The molecule has 72 valence electrons. The van der Waals surface area contributed by atoms with Crippen molar-refractivity contribution in [3.63, 3.8) is 0 Å². The average Bonchev–Trinajstić information content (AvgIpc) is 2.02. The number of hydrogen-bond acceptors (Lipinski definition) is 1. The van der Waals surface area contributed by atoms with Crippen LogP contribution >= 0.6 is 31.9 Å². The molecule has 0 aliphatic heterocycles. The third kappa shape index (κ3) is 2.67. The summed E-state index contributed by atoms with van der Waals surface area (Å²) >= 11 is 6.09. The summed E-state index contributed by atoms with van der Waals surface area (Å²) in [4.78, 5) is 3.38. The zero-order valence-corrected chi connectivity index (χ0v) is 9.37. The normalized spacial score (nSPS) is 11.8. The van der Waals surface area contributed by atoms with Gasteiger partial charge >= 0.3 is 6.18 Å². The molecule has 0 unspecified atom stereocenters. The Morgan fingerprint density at radius 3 is 2.31 bits per heavy atom. The highest BCUT2D eigenvalue weighted by Crippen LogP contribution is 2.29. The van der Waals surface area contributed by atoms with Gasteiger partial charge in [-0.3, -0.25) is 0 Å². The zero-order chi connectivity index (χ0) is 10.1. The van der Waals surface area contributed by atoms with Crippen LogP contribution in [0.3, 0.4) is 0 Å². The molecule has 0 atom stereocenters. The quantitative estimate of drug-likeness (QED) is 0.567. The molecule has 1 heterocycles. The van der Waals surface area contributed by atoms with E-state index < -0.39 is 11.9 Å². The van der Waals surface area contributed by atoms with E-state index in [4.69, 9.17) is 0 Å². The Morgan fingerprint density at radius 1 is 1.31 bits per heavy atom. The number of aromatic nitrogens is 1. The number of pyridine rings is 1. The summed E-state index contributed by atoms with van der Waals surface area (Å²) in [5.74, 6) is 0. The monoisotopic (exact) mass is 317 g/mol. The highest BCUT2D eigenvalue weighted by molar-refractivity contribution is 9.10. The second-order valence-electron chi connectivity index (χ2n) is 2.28. The van der Waals surface area contributed by atoms with Crippen molar-refractivity contribution in [2.75, 3.05) is 0 Å². The second kappa shape index (κ2) is 3.96. The second-order valence-corrected chi connectivity index (χ2v) is 3.59. The smallest absolute Gasteiger partial charge is 0.236 e. The molecule has 0 amide bonds. The third-order valence-electron chi connectivity index (χ3n) is 1.36. The number of nitrogens with zero attached hydrogens (tertiary/aromatic N) is 1. The van der Waals surface area contributed by atoms with E-state index in [1.807, 2.05) is 0 Å². The van der Waals surface area contributed by atoms with Gasteiger partial charge in [-0.15, -0.1) is 0 Å². The van der Waals surface area contributed by atoms with Crippen LogP contribution in [-0.2, 0) is 11.5 Å². The van der Waals surface area contributed by atoms with E-state index in [1.165, 1.54) is 6.07 Å². The van der Waals surface area contributed by atoms with Crippen LogP contribution in [0.2, 0.25) is 0 Å². The molecule has 0 bridgehead atoms. The molecule has 0 fully saturated rings. The first-order valence-electron chi connectivity index (χ1n) is 3.23. The van der Waals surface area contributed by atoms with E-state index in [0.29, 0.717) is 10.9 Å². The number of rotatable bonds is 1. The lowest BCUT2D eigenvalue weighted by atomic mass is 10.3. The fourth-order valence-corrected chi connectivity index (χ4v) is 2.01. The molecule has 0 N–H and O–H groups in total. The largest absolute Gasteiger partial charge is 0.433 e. The topological polar surface area (TPSA) is 12.9 Å². The summed E-state index contributed by atoms with van der Waals surface area (Å²) < 4.78 is 36.5. The molecule has 1 rings (SSSR count). The van der Waals surface area contributed by atoms with Crippen LogP contribution in [0.5, 0.6) is 0 Å². The third-order valence-corrected chi connectivity index (χ3v) is 2.65. The predicted octanol–water partition coefficient (Wildman–Crippen LogP) is 3.76. The van der Waals surface area contributed by atoms with Gasteiger partial charge in [0.2, 0.25) is 0 Å². The van der Waals surface area contributed by atoms with Crippen molar-refractivity contribution in [2.45, 2.75) is 11.5 Å². The van der Waals surface area contributed by atoms with Gasteiger partial charge < -0.3 is 0 Å². The molecular formula is C7H4Br2F3N. The molecule has 0 aromatic carbocycles. The van der Waals surface area contributed by atoms with Crippen molar-refractivity contribution < 1.29 is 13.2 Å². The van der Waals surface area contributed by atoms with Gasteiger partial charge in [-0.25, -0.2) is 4.98 Å². The Bertz CT molecular complexity index is 311. The maximum atomic E-state index is 12.1. The Morgan fingerprint density at radius 2 is 1.92 bits per heavy atom. The SMILES string of the molecule is FC(F)(F)c1ccc(CBr)c(Br)n1. The molecule has 1 nitrogen and oxygen atoms in total. The Labute approximate surface area is 89.6 Å². The molecule has 13 heavy (non-hydrogen) atoms. The van der Waals surface area contributed by atoms with Crippen molar-refractivity contribution in [1.82, 2.24) is 4.98 Å². The van der Waals surface area contributed by atoms with Gasteiger partial charge in [-0.1, -0.05) is 22.0 Å². The van der Waals surface area contributed by atoms with E-state index in [2.05, 4.69) is 36.8 Å². The lowest BCUT2D eigenvalue weighted by Crippen LogP contribution is -2.08. The Balaban J connectivity index is 3.10. The van der Waals surface area contributed by atoms with Crippen LogP contribution in [-0.4, -0.2) is 4.98 Å². The fraction of sp³-hybridized carbons (Fsp3) is 0.286. The predicted molar refractivity (Wildman–Crippen MR) is 49.6 cm³/mol. The van der Waals surface area contributed by atoms with Crippen molar-refractivity contribution in [2.24, 2.45) is 0 Å². The first-order chi connectivity index (χ1) is 5.95. The van der Waals surface area contributed by atoms with Gasteiger partial charge in [0.1, 0.15) is 10.3 Å². The van der Waals surface area contributed by atoms with Gasteiger partial charge in [0.25, 0.3) is 0 Å². The number of hydrogen-bond donors (Lipinski definition) is 0. The molecule has 0 aliphatic carbocycles. The summed E-state index contributed by atoms with van der Waals surface area (Å²) in [5, 5.41) is 0.471. The summed E-state index contributed by atoms with van der Waals surface area (Å²) in [5.41, 5.74) is -0.197. The molecule has 6 heteroatoms. The van der Waals surface area contributed by atoms with Crippen LogP contribution in [0.1, 0.15) is 11.3 Å². The Kier molecular flexibility index (Phi) is 3.34. The van der Waals surface area contributed by atoms with Crippen LogP contribution in [0, 0.1) is 0 Å². The van der Waals surface area contributed by atoms with Gasteiger partial charge in [-0.05, 0) is 27.6 Å². The maximum absolute atomic E-state index is 12.1. The van der Waals surface area contributed by atoms with Crippen LogP contribution < -0.4 is 0 Å². The Hall–Kier alpha value is -0.100. The van der Waals surface area contributed by atoms with Crippen molar-refractivity contribution in [3.8, 4) is 0 Å². The zero-order valence-electron chi connectivity index (χ0n) is 6.20. The number of halogens is 5. The standard InChI is InChI=1S/C7H4Br2F3N/c8-3-4-1-2-5(7(10,11)12)13-6(4)9/h1-2H,3H2. The molecular weight excluding hydrogens is 315 g/mol. The van der Waals surface area contributed by atoms with Gasteiger partial charge in [0.15, 0.2) is 0 Å². The van der Waals surface area contributed by atoms with Gasteiger partial charge in [-0.2, -0.15) is 13.2 Å². The minimum absolute atomic E-state index is 0.221. The maximum Gasteiger partial charge on any atom is 0.433 e. The average molecular weight is 319 g/mol. The summed E-state index contributed by atoms with van der Waals surface area (Å²) in [6, 6.07) is 2.34. The molecule has 1 aromatic heterocycles. The van der Waals surface area contributed by atoms with Gasteiger partial charge in [0.05, 0.1) is 0 Å². The minimum atomic E-state index is -4.38. The van der Waals surface area contributed by atoms with E-state index in [9.17, 15) is 13.2 Å². The molecule has 1 aromatic rings. The summed E-state index contributed by atoms with van der Waals surface area (Å²) in [6.45, 7) is 0. The molecule has 0 saturated heterocycles. The lowest BCUT2D eigenvalue weighted by molar-refractivity contribution is -0.141. The number of alkyl halides is 4. The van der Waals surface area contributed by atoms with Gasteiger partial charge in [0, 0.05) is 5.33 Å². The van der Waals surface area contributed by atoms with E-state index in [0.717, 1.165) is 6.07 Å².